The maximum atomic E-state index is 12.9. The lowest BCUT2D eigenvalue weighted by Crippen LogP contribution is -2.28. The van der Waals surface area contributed by atoms with Crippen LogP contribution >= 0.6 is 0 Å². The van der Waals surface area contributed by atoms with Crippen LogP contribution < -0.4 is 15.8 Å². The van der Waals surface area contributed by atoms with E-state index >= 15 is 0 Å². The minimum Gasteiger partial charge on any atom is -0.369 e. The Kier molecular flexibility index (Phi) is 5.88. The predicted octanol–water partition coefficient (Wildman–Crippen LogP) is 2.43. The Balaban J connectivity index is 1.39. The summed E-state index contributed by atoms with van der Waals surface area (Å²) in [5.74, 6) is -0.113. The lowest BCUT2D eigenvalue weighted by atomic mass is 10.0. The number of amides is 1. The van der Waals surface area contributed by atoms with E-state index in [0.29, 0.717) is 6.54 Å². The Morgan fingerprint density at radius 3 is 2.80 bits per heavy atom. The van der Waals surface area contributed by atoms with E-state index in [1.165, 1.54) is 4.68 Å². The molecule has 1 saturated heterocycles. The van der Waals surface area contributed by atoms with Gasteiger partial charge in [-0.3, -0.25) is 14.6 Å². The summed E-state index contributed by atoms with van der Waals surface area (Å²) in [6, 6.07) is 15.4. The summed E-state index contributed by atoms with van der Waals surface area (Å²) in [4.78, 5) is 31.2. The van der Waals surface area contributed by atoms with Gasteiger partial charge in [0, 0.05) is 43.8 Å². The maximum absolute atomic E-state index is 12.9. The summed E-state index contributed by atoms with van der Waals surface area (Å²) in [5, 5.41) is 7.19. The van der Waals surface area contributed by atoms with Crippen LogP contribution in [0.15, 0.2) is 65.7 Å². The van der Waals surface area contributed by atoms with Crippen molar-refractivity contribution in [2.24, 2.45) is 13.0 Å². The van der Waals surface area contributed by atoms with Crippen molar-refractivity contribution in [2.45, 2.75) is 19.3 Å². The Bertz CT molecular complexity index is 1080. The number of para-hydroxylation sites is 1. The van der Waals surface area contributed by atoms with Crippen LogP contribution in [0, 0.1) is 5.92 Å². The summed E-state index contributed by atoms with van der Waals surface area (Å²) in [5.41, 5.74) is 3.60. The summed E-state index contributed by atoms with van der Waals surface area (Å²) < 4.78 is 1.30. The van der Waals surface area contributed by atoms with E-state index in [2.05, 4.69) is 15.4 Å². The van der Waals surface area contributed by atoms with Crippen LogP contribution in [-0.2, 0) is 24.7 Å². The second kappa shape index (κ2) is 8.90. The Hall–Kier alpha value is -3.48. The first kappa shape index (κ1) is 19.8. The highest BCUT2D eigenvalue weighted by molar-refractivity contribution is 5.94. The lowest BCUT2D eigenvalue weighted by molar-refractivity contribution is -0.119. The minimum atomic E-state index is -0.151. The molecule has 1 fully saturated rings. The third kappa shape index (κ3) is 4.56. The largest absolute Gasteiger partial charge is 0.369 e. The normalized spacial score (nSPS) is 15.9. The van der Waals surface area contributed by atoms with Gasteiger partial charge in [-0.15, -0.1) is 0 Å². The molecule has 30 heavy (non-hydrogen) atoms. The molecule has 3 heterocycles. The van der Waals surface area contributed by atoms with E-state index in [9.17, 15) is 9.59 Å². The highest BCUT2D eigenvalue weighted by Crippen LogP contribution is 2.24. The molecule has 154 valence electrons. The van der Waals surface area contributed by atoms with Crippen molar-refractivity contribution in [3.8, 4) is 0 Å². The fourth-order valence-corrected chi connectivity index (χ4v) is 3.75. The SMILES string of the molecule is Cn1ncc(N2CCC(C(=O)Nc3ccccc3CCc3ccccn3)C2)cc1=O. The first-order chi connectivity index (χ1) is 14.6. The zero-order chi connectivity index (χ0) is 20.9. The molecule has 1 atom stereocenters. The summed E-state index contributed by atoms with van der Waals surface area (Å²) >= 11 is 0. The van der Waals surface area contributed by atoms with Gasteiger partial charge in [-0.1, -0.05) is 24.3 Å². The number of aromatic nitrogens is 3. The number of aryl methyl sites for hydroxylation is 3. The van der Waals surface area contributed by atoms with E-state index < -0.39 is 0 Å². The second-order valence-electron chi connectivity index (χ2n) is 7.57. The van der Waals surface area contributed by atoms with Crippen LogP contribution in [0.4, 0.5) is 11.4 Å². The van der Waals surface area contributed by atoms with Gasteiger partial charge >= 0.3 is 0 Å². The molecule has 1 N–H and O–H groups in total. The highest BCUT2D eigenvalue weighted by atomic mass is 16.2. The average Bonchev–Trinajstić information content (AvgIpc) is 3.26. The second-order valence-corrected chi connectivity index (χ2v) is 7.57. The van der Waals surface area contributed by atoms with Gasteiger partial charge in [-0.05, 0) is 43.0 Å². The van der Waals surface area contributed by atoms with Crippen molar-refractivity contribution >= 4 is 17.3 Å². The fraction of sp³-hybridized carbons (Fsp3) is 0.304. The van der Waals surface area contributed by atoms with Crippen molar-refractivity contribution in [3.05, 3.63) is 82.5 Å². The van der Waals surface area contributed by atoms with Crippen molar-refractivity contribution < 1.29 is 4.79 Å². The molecule has 1 aliphatic heterocycles. The number of anilines is 2. The Labute approximate surface area is 175 Å². The van der Waals surface area contributed by atoms with Gasteiger partial charge in [-0.25, -0.2) is 4.68 Å². The third-order valence-electron chi connectivity index (χ3n) is 5.53. The number of hydrogen-bond acceptors (Lipinski definition) is 5. The molecule has 4 rings (SSSR count). The topological polar surface area (TPSA) is 80.1 Å². The summed E-state index contributed by atoms with van der Waals surface area (Å²) in [6.07, 6.45) is 5.85. The molecule has 0 radical (unpaired) electrons. The van der Waals surface area contributed by atoms with Crippen LogP contribution in [0.1, 0.15) is 17.7 Å². The number of carbonyl (C=O) groups excluding carboxylic acids is 1. The van der Waals surface area contributed by atoms with Crippen LogP contribution in [0.25, 0.3) is 0 Å². The molecule has 2 aromatic heterocycles. The van der Waals surface area contributed by atoms with Gasteiger partial charge < -0.3 is 10.2 Å². The first-order valence-corrected chi connectivity index (χ1v) is 10.2. The van der Waals surface area contributed by atoms with Gasteiger partial charge in [0.15, 0.2) is 0 Å². The number of hydrogen-bond donors (Lipinski definition) is 1. The molecule has 1 aromatic carbocycles. The van der Waals surface area contributed by atoms with Gasteiger partial charge in [-0.2, -0.15) is 5.10 Å². The number of nitrogens with zero attached hydrogens (tertiary/aromatic N) is 4. The molecule has 7 heteroatoms. The van der Waals surface area contributed by atoms with E-state index in [0.717, 1.165) is 48.4 Å². The van der Waals surface area contributed by atoms with Crippen LogP contribution in [-0.4, -0.2) is 33.8 Å². The molecule has 1 unspecified atom stereocenters. The van der Waals surface area contributed by atoms with Crippen LogP contribution in [0.3, 0.4) is 0 Å². The Morgan fingerprint density at radius 1 is 1.17 bits per heavy atom. The van der Waals surface area contributed by atoms with Crippen LogP contribution in [0.2, 0.25) is 0 Å². The molecule has 0 bridgehead atoms. The zero-order valence-electron chi connectivity index (χ0n) is 17.0. The van der Waals surface area contributed by atoms with Crippen molar-refractivity contribution in [3.63, 3.8) is 0 Å². The van der Waals surface area contributed by atoms with E-state index in [1.807, 2.05) is 47.4 Å². The zero-order valence-corrected chi connectivity index (χ0v) is 17.0. The average molecular weight is 403 g/mol. The monoisotopic (exact) mass is 403 g/mol. The number of rotatable bonds is 6. The van der Waals surface area contributed by atoms with Crippen LogP contribution in [0.5, 0.6) is 0 Å². The highest BCUT2D eigenvalue weighted by Gasteiger charge is 2.29. The molecule has 3 aromatic rings. The van der Waals surface area contributed by atoms with Gasteiger partial charge in [0.1, 0.15) is 0 Å². The van der Waals surface area contributed by atoms with Crippen molar-refractivity contribution in [1.82, 2.24) is 14.8 Å². The number of carbonyl (C=O) groups is 1. The minimum absolute atomic E-state index is 0.0135. The van der Waals surface area contributed by atoms with Crippen molar-refractivity contribution in [1.29, 1.82) is 0 Å². The lowest BCUT2D eigenvalue weighted by Gasteiger charge is -2.18. The summed E-state index contributed by atoms with van der Waals surface area (Å²) in [6.45, 7) is 1.31. The molecule has 7 nitrogen and oxygen atoms in total. The van der Waals surface area contributed by atoms with Gasteiger partial charge in [0.25, 0.3) is 5.56 Å². The molecule has 0 aliphatic carbocycles. The van der Waals surface area contributed by atoms with E-state index in [4.69, 9.17) is 0 Å². The van der Waals surface area contributed by atoms with E-state index in [1.54, 1.807) is 25.5 Å². The smallest absolute Gasteiger partial charge is 0.268 e. The Morgan fingerprint density at radius 2 is 2.00 bits per heavy atom. The standard InChI is InChI=1S/C23H25N5O2/c1-27-22(29)14-20(15-25-27)28-13-11-18(16-28)23(30)26-21-8-3-2-6-17(21)9-10-19-7-4-5-12-24-19/h2-8,12,14-15,18H,9-11,13,16H2,1H3,(H,26,30). The molecule has 0 saturated carbocycles. The fourth-order valence-electron chi connectivity index (χ4n) is 3.75. The van der Waals surface area contributed by atoms with Crippen molar-refractivity contribution in [2.75, 3.05) is 23.3 Å². The molecule has 1 aliphatic rings. The molecular formula is C23H25N5O2. The van der Waals surface area contributed by atoms with Gasteiger partial charge in [0.2, 0.25) is 5.91 Å². The number of nitrogens with one attached hydrogen (secondary N) is 1. The molecular weight excluding hydrogens is 378 g/mol. The molecule has 1 amide bonds. The van der Waals surface area contributed by atoms with Gasteiger partial charge in [0.05, 0.1) is 17.8 Å². The summed E-state index contributed by atoms with van der Waals surface area (Å²) in [7, 11) is 1.62. The van der Waals surface area contributed by atoms with E-state index in [-0.39, 0.29) is 17.4 Å². The first-order valence-electron chi connectivity index (χ1n) is 10.2. The number of benzene rings is 1. The number of pyridine rings is 1. The predicted molar refractivity (Wildman–Crippen MR) is 117 cm³/mol. The quantitative estimate of drug-likeness (QED) is 0.684. The maximum Gasteiger partial charge on any atom is 0.268 e. The third-order valence-corrected chi connectivity index (χ3v) is 5.53. The molecule has 0 spiro atoms.